The molecule has 2 rings (SSSR count). The third-order valence-corrected chi connectivity index (χ3v) is 2.23. The Hall–Kier alpha value is -2.69. The summed E-state index contributed by atoms with van der Waals surface area (Å²) in [5.41, 5.74) is -0.644. The predicted octanol–water partition coefficient (Wildman–Crippen LogP) is 2.94. The smallest absolute Gasteiger partial charge is 0.224 e. The van der Waals surface area contributed by atoms with E-state index in [1.807, 2.05) is 0 Å². The number of nitroso groups, excluding NO2 is 1. The van der Waals surface area contributed by atoms with Gasteiger partial charge >= 0.3 is 0 Å². The fraction of sp³-hybridized carbons (Fsp3) is 0. The van der Waals surface area contributed by atoms with Crippen molar-refractivity contribution < 1.29 is 9.84 Å². The van der Waals surface area contributed by atoms with Crippen molar-refractivity contribution in [1.29, 1.82) is 0 Å². The molecule has 5 heteroatoms. The molecule has 0 heterocycles. The second kappa shape index (κ2) is 5.09. The summed E-state index contributed by atoms with van der Waals surface area (Å²) in [6.07, 6.45) is 0. The van der Waals surface area contributed by atoms with Crippen LogP contribution in [0.3, 0.4) is 0 Å². The molecule has 0 unspecified atom stereocenters. The quantitative estimate of drug-likeness (QED) is 0.841. The van der Waals surface area contributed by atoms with E-state index in [1.54, 1.807) is 30.3 Å². The summed E-state index contributed by atoms with van der Waals surface area (Å²) in [5.74, 6) is -0.227. The molecule has 0 aliphatic carbocycles. The lowest BCUT2D eigenvalue weighted by Gasteiger charge is -2.04. The number of hydrogen-bond donors (Lipinski definition) is 1. The van der Waals surface area contributed by atoms with E-state index in [-0.39, 0.29) is 11.4 Å². The van der Waals surface area contributed by atoms with Gasteiger partial charge in [0.1, 0.15) is 11.4 Å². The zero-order valence-corrected chi connectivity index (χ0v) is 9.24. The summed E-state index contributed by atoms with van der Waals surface area (Å²) in [7, 11) is 0. The van der Waals surface area contributed by atoms with Gasteiger partial charge in [-0.1, -0.05) is 18.2 Å². The molecule has 0 bridgehead atoms. The summed E-state index contributed by atoms with van der Waals surface area (Å²) in [6, 6.07) is 12.1. The van der Waals surface area contributed by atoms with Gasteiger partial charge in [-0.15, -0.1) is 4.91 Å². The molecule has 0 aromatic heterocycles. The van der Waals surface area contributed by atoms with Crippen molar-refractivity contribution in [2.45, 2.75) is 0 Å². The molecule has 0 radical (unpaired) electrons. The highest BCUT2D eigenvalue weighted by molar-refractivity contribution is 5.49. The fourth-order valence-corrected chi connectivity index (χ4v) is 1.36. The first-order valence-electron chi connectivity index (χ1n) is 5.14. The minimum absolute atomic E-state index is 0.00155. The molecule has 0 atom stereocenters. The Balaban J connectivity index is 2.50. The zero-order valence-electron chi connectivity index (χ0n) is 9.24. The van der Waals surface area contributed by atoms with Crippen LogP contribution >= 0.6 is 0 Å². The van der Waals surface area contributed by atoms with Crippen molar-refractivity contribution in [3.05, 3.63) is 63.7 Å². The van der Waals surface area contributed by atoms with Crippen LogP contribution in [0.1, 0.15) is 0 Å². The van der Waals surface area contributed by atoms with Crippen LogP contribution in [0.2, 0.25) is 0 Å². The van der Waals surface area contributed by atoms with E-state index in [0.29, 0.717) is 5.75 Å². The van der Waals surface area contributed by atoms with E-state index in [0.717, 1.165) is 6.07 Å². The van der Waals surface area contributed by atoms with Crippen molar-refractivity contribution >= 4 is 5.69 Å². The second-order valence-corrected chi connectivity index (χ2v) is 3.49. The zero-order chi connectivity index (χ0) is 13.0. The number of aromatic hydroxyl groups is 1. The highest BCUT2D eigenvalue weighted by Gasteiger charge is 2.08. The number of para-hydroxylation sites is 1. The van der Waals surface area contributed by atoms with Crippen LogP contribution in [0.25, 0.3) is 0 Å². The van der Waals surface area contributed by atoms with Gasteiger partial charge in [-0.05, 0) is 29.4 Å². The Kier molecular flexibility index (Phi) is 3.33. The molecule has 0 amide bonds. The van der Waals surface area contributed by atoms with Gasteiger partial charge in [0.15, 0.2) is 5.75 Å². The van der Waals surface area contributed by atoms with Crippen LogP contribution in [-0.4, -0.2) is 5.11 Å². The molecule has 1 N–H and O–H groups in total. The van der Waals surface area contributed by atoms with Crippen molar-refractivity contribution in [3.8, 4) is 17.2 Å². The average Bonchev–Trinajstić information content (AvgIpc) is 2.53. The Bertz CT molecular complexity index is 626. The number of ether oxygens (including phenoxy) is 1. The number of benzene rings is 1. The number of nitrogens with zero attached hydrogens (tertiary/aromatic N) is 1. The normalized spacial score (nSPS) is 9.78. The Morgan fingerprint density at radius 1 is 1.06 bits per heavy atom. The van der Waals surface area contributed by atoms with Gasteiger partial charge in [-0.25, -0.2) is 0 Å². The van der Waals surface area contributed by atoms with Crippen LogP contribution in [0.5, 0.6) is 17.2 Å². The van der Waals surface area contributed by atoms with Gasteiger partial charge in [0.2, 0.25) is 11.2 Å². The van der Waals surface area contributed by atoms with E-state index in [1.165, 1.54) is 12.1 Å². The molecular formula is C13H9NO4. The monoisotopic (exact) mass is 243 g/mol. The van der Waals surface area contributed by atoms with Gasteiger partial charge in [-0.3, -0.25) is 4.79 Å². The maximum atomic E-state index is 11.4. The Morgan fingerprint density at radius 2 is 1.78 bits per heavy atom. The van der Waals surface area contributed by atoms with Gasteiger partial charge in [-0.2, -0.15) is 0 Å². The van der Waals surface area contributed by atoms with E-state index >= 15 is 0 Å². The first-order valence-corrected chi connectivity index (χ1v) is 5.14. The Labute approximate surface area is 102 Å². The van der Waals surface area contributed by atoms with Crippen LogP contribution in [0.4, 0.5) is 5.69 Å². The third-order valence-electron chi connectivity index (χ3n) is 2.23. The molecule has 0 aliphatic heterocycles. The van der Waals surface area contributed by atoms with E-state index in [4.69, 9.17) is 4.74 Å². The van der Waals surface area contributed by atoms with Gasteiger partial charge in [0, 0.05) is 6.07 Å². The maximum absolute atomic E-state index is 11.4. The van der Waals surface area contributed by atoms with Gasteiger partial charge < -0.3 is 9.84 Å². The lowest BCUT2D eigenvalue weighted by molar-refractivity contribution is 0.409. The fourth-order valence-electron chi connectivity index (χ4n) is 1.36. The first kappa shape index (κ1) is 11.8. The molecule has 18 heavy (non-hydrogen) atoms. The predicted molar refractivity (Wildman–Crippen MR) is 66.3 cm³/mol. The van der Waals surface area contributed by atoms with Crippen molar-refractivity contribution in [2.24, 2.45) is 5.18 Å². The molecule has 2 aromatic carbocycles. The van der Waals surface area contributed by atoms with Crippen molar-refractivity contribution in [3.63, 3.8) is 0 Å². The first-order chi connectivity index (χ1) is 8.70. The summed E-state index contributed by atoms with van der Waals surface area (Å²) in [5, 5.41) is 12.4. The van der Waals surface area contributed by atoms with E-state index < -0.39 is 11.2 Å². The summed E-state index contributed by atoms with van der Waals surface area (Å²) < 4.78 is 5.34. The highest BCUT2D eigenvalue weighted by atomic mass is 16.5. The van der Waals surface area contributed by atoms with Gasteiger partial charge in [0.05, 0.1) is 0 Å². The highest BCUT2D eigenvalue weighted by Crippen LogP contribution is 2.29. The van der Waals surface area contributed by atoms with E-state index in [2.05, 4.69) is 5.18 Å². The van der Waals surface area contributed by atoms with Crippen LogP contribution in [0.15, 0.2) is 58.5 Å². The van der Waals surface area contributed by atoms with Crippen LogP contribution < -0.4 is 10.2 Å². The third kappa shape index (κ3) is 2.52. The van der Waals surface area contributed by atoms with E-state index in [9.17, 15) is 14.8 Å². The van der Waals surface area contributed by atoms with Crippen LogP contribution in [-0.2, 0) is 0 Å². The molecule has 0 aliphatic rings. The lowest BCUT2D eigenvalue weighted by Crippen LogP contribution is -1.95. The Morgan fingerprint density at radius 3 is 2.44 bits per heavy atom. The molecular weight excluding hydrogens is 234 g/mol. The summed E-state index contributed by atoms with van der Waals surface area (Å²) in [6.45, 7) is 0. The van der Waals surface area contributed by atoms with Crippen molar-refractivity contribution in [2.75, 3.05) is 0 Å². The second-order valence-electron chi connectivity index (χ2n) is 3.49. The molecule has 0 saturated heterocycles. The van der Waals surface area contributed by atoms with Crippen molar-refractivity contribution in [1.82, 2.24) is 0 Å². The minimum atomic E-state index is -0.643. The summed E-state index contributed by atoms with van der Waals surface area (Å²) >= 11 is 0. The maximum Gasteiger partial charge on any atom is 0.224 e. The lowest BCUT2D eigenvalue weighted by atomic mass is 10.3. The standard InChI is InChI=1S/C13H9NO4/c15-11-7-6-9(14-17)8-12(13(11)16)18-10-4-2-1-3-5-10/h1-8H,(H,15,16). The molecule has 90 valence electrons. The average molecular weight is 243 g/mol. The molecule has 0 spiro atoms. The number of rotatable bonds is 3. The summed E-state index contributed by atoms with van der Waals surface area (Å²) in [4.78, 5) is 21.9. The SMILES string of the molecule is O=Nc1ccc(=O)c(O)c(Oc2ccccc2)c1. The molecule has 0 saturated carbocycles. The van der Waals surface area contributed by atoms with Crippen LogP contribution in [0, 0.1) is 4.91 Å². The van der Waals surface area contributed by atoms with Gasteiger partial charge in [0.25, 0.3) is 0 Å². The number of hydrogen-bond acceptors (Lipinski definition) is 5. The topological polar surface area (TPSA) is 76.0 Å². The minimum Gasteiger partial charge on any atom is -0.502 e. The molecule has 5 nitrogen and oxygen atoms in total. The molecule has 0 fully saturated rings. The largest absolute Gasteiger partial charge is 0.502 e. The molecule has 2 aromatic rings.